The highest BCUT2D eigenvalue weighted by atomic mass is 35.5. The van der Waals surface area contributed by atoms with Gasteiger partial charge in [-0.2, -0.15) is 0 Å². The van der Waals surface area contributed by atoms with Gasteiger partial charge in [0.1, 0.15) is 12.4 Å². The van der Waals surface area contributed by atoms with Crippen LogP contribution < -0.4 is 4.74 Å². The van der Waals surface area contributed by atoms with Crippen LogP contribution in [0.3, 0.4) is 0 Å². The maximum atomic E-state index is 5.88. The second kappa shape index (κ2) is 5.01. The van der Waals surface area contributed by atoms with Crippen LogP contribution in [-0.2, 0) is 6.61 Å². The Hall–Kier alpha value is -1.51. The quantitative estimate of drug-likeness (QED) is 0.643. The molecule has 1 heterocycles. The number of benzene rings is 2. The van der Waals surface area contributed by atoms with E-state index in [9.17, 15) is 0 Å². The van der Waals surface area contributed by atoms with Gasteiger partial charge in [0.15, 0.2) is 0 Å². The normalized spacial score (nSPS) is 10.7. The minimum absolute atomic E-state index is 0.565. The zero-order valence-corrected chi connectivity index (χ0v) is 11.2. The Balaban J connectivity index is 1.78. The van der Waals surface area contributed by atoms with Crippen LogP contribution in [0.4, 0.5) is 0 Å². The van der Waals surface area contributed by atoms with Crippen molar-refractivity contribution in [1.29, 1.82) is 0 Å². The Labute approximate surface area is 115 Å². The highest BCUT2D eigenvalue weighted by Crippen LogP contribution is 2.24. The van der Waals surface area contributed by atoms with E-state index >= 15 is 0 Å². The van der Waals surface area contributed by atoms with Gasteiger partial charge in [0, 0.05) is 4.88 Å². The van der Waals surface area contributed by atoms with Crippen molar-refractivity contribution in [1.82, 2.24) is 0 Å². The van der Waals surface area contributed by atoms with Crippen molar-refractivity contribution in [3.05, 3.63) is 63.8 Å². The molecule has 3 rings (SSSR count). The molecule has 0 aliphatic heterocycles. The van der Waals surface area contributed by atoms with Gasteiger partial charge in [0.2, 0.25) is 0 Å². The molecular weight excluding hydrogens is 264 g/mol. The Morgan fingerprint density at radius 2 is 1.78 bits per heavy atom. The summed E-state index contributed by atoms with van der Waals surface area (Å²) in [5.74, 6) is 0.887. The maximum Gasteiger partial charge on any atom is 0.122 e. The first kappa shape index (κ1) is 11.6. The molecule has 0 fully saturated rings. The molecule has 3 aromatic rings. The lowest BCUT2D eigenvalue weighted by Crippen LogP contribution is -1.92. The van der Waals surface area contributed by atoms with E-state index in [4.69, 9.17) is 16.3 Å². The van der Waals surface area contributed by atoms with E-state index in [0.29, 0.717) is 6.61 Å². The fourth-order valence-electron chi connectivity index (χ4n) is 1.84. The van der Waals surface area contributed by atoms with Crippen LogP contribution in [0.15, 0.2) is 54.6 Å². The lowest BCUT2D eigenvalue weighted by atomic mass is 10.1. The number of thiophene rings is 1. The minimum atomic E-state index is 0.565. The zero-order chi connectivity index (χ0) is 12.4. The van der Waals surface area contributed by atoms with Crippen molar-refractivity contribution in [3.63, 3.8) is 0 Å². The fourth-order valence-corrected chi connectivity index (χ4v) is 2.84. The number of ether oxygens (including phenoxy) is 1. The van der Waals surface area contributed by atoms with Crippen molar-refractivity contribution in [3.8, 4) is 5.75 Å². The molecule has 1 nitrogen and oxygen atoms in total. The van der Waals surface area contributed by atoms with Crippen molar-refractivity contribution in [2.45, 2.75) is 6.61 Å². The number of fused-ring (bicyclic) bond motifs is 1. The topological polar surface area (TPSA) is 9.23 Å². The predicted octanol–water partition coefficient (Wildman–Crippen LogP) is 5.13. The molecule has 3 heteroatoms. The molecule has 0 atom stereocenters. The summed E-state index contributed by atoms with van der Waals surface area (Å²) in [5, 5.41) is 2.42. The number of halogens is 1. The molecule has 0 radical (unpaired) electrons. The molecule has 0 saturated carbocycles. The third-order valence-electron chi connectivity index (χ3n) is 2.73. The molecule has 0 bridgehead atoms. The second-order valence-corrected chi connectivity index (χ2v) is 5.80. The van der Waals surface area contributed by atoms with E-state index in [-0.39, 0.29) is 0 Å². The molecule has 0 amide bonds. The summed E-state index contributed by atoms with van der Waals surface area (Å²) in [6.07, 6.45) is 0. The van der Waals surface area contributed by atoms with Crippen molar-refractivity contribution < 1.29 is 4.74 Å². The zero-order valence-electron chi connectivity index (χ0n) is 9.60. The van der Waals surface area contributed by atoms with Gasteiger partial charge in [-0.1, -0.05) is 41.9 Å². The maximum absolute atomic E-state index is 5.88. The lowest BCUT2D eigenvalue weighted by Gasteiger charge is -2.05. The average Bonchev–Trinajstić information content (AvgIpc) is 2.82. The van der Waals surface area contributed by atoms with Gasteiger partial charge in [-0.25, -0.2) is 0 Å². The summed E-state index contributed by atoms with van der Waals surface area (Å²) >= 11 is 7.43. The van der Waals surface area contributed by atoms with E-state index in [0.717, 1.165) is 15.0 Å². The predicted molar refractivity (Wildman–Crippen MR) is 77.6 cm³/mol. The SMILES string of the molecule is Clc1ccc(COc2ccc3ccccc3c2)s1. The van der Waals surface area contributed by atoms with Gasteiger partial charge in [0.05, 0.1) is 4.34 Å². The first-order chi connectivity index (χ1) is 8.81. The van der Waals surface area contributed by atoms with E-state index < -0.39 is 0 Å². The molecule has 0 aliphatic rings. The number of hydrogen-bond donors (Lipinski definition) is 0. The summed E-state index contributed by atoms with van der Waals surface area (Å²) in [7, 11) is 0. The first-order valence-electron chi connectivity index (χ1n) is 5.67. The first-order valence-corrected chi connectivity index (χ1v) is 6.86. The Morgan fingerprint density at radius 1 is 0.944 bits per heavy atom. The van der Waals surface area contributed by atoms with Crippen LogP contribution in [0.1, 0.15) is 4.88 Å². The van der Waals surface area contributed by atoms with Crippen LogP contribution >= 0.6 is 22.9 Å². The molecule has 0 aliphatic carbocycles. The highest BCUT2D eigenvalue weighted by molar-refractivity contribution is 7.16. The van der Waals surface area contributed by atoms with Crippen LogP contribution in [0.5, 0.6) is 5.75 Å². The molecule has 0 unspecified atom stereocenters. The monoisotopic (exact) mass is 274 g/mol. The van der Waals surface area contributed by atoms with Crippen molar-refractivity contribution >= 4 is 33.7 Å². The summed E-state index contributed by atoms with van der Waals surface area (Å²) < 4.78 is 6.56. The third kappa shape index (κ3) is 2.50. The summed E-state index contributed by atoms with van der Waals surface area (Å²) in [5.41, 5.74) is 0. The molecule has 0 saturated heterocycles. The summed E-state index contributed by atoms with van der Waals surface area (Å²) in [6, 6.07) is 18.3. The molecule has 0 N–H and O–H groups in total. The molecule has 2 aromatic carbocycles. The Kier molecular flexibility index (Phi) is 3.22. The Bertz CT molecular complexity index is 675. The molecule has 18 heavy (non-hydrogen) atoms. The highest BCUT2D eigenvalue weighted by Gasteiger charge is 2.00. The van der Waals surface area contributed by atoms with E-state index in [1.807, 2.05) is 30.3 Å². The van der Waals surface area contributed by atoms with Crippen molar-refractivity contribution in [2.75, 3.05) is 0 Å². The number of rotatable bonds is 3. The summed E-state index contributed by atoms with van der Waals surface area (Å²) in [4.78, 5) is 1.13. The van der Waals surface area contributed by atoms with Gasteiger partial charge in [-0.05, 0) is 35.0 Å². The summed E-state index contributed by atoms with van der Waals surface area (Å²) in [6.45, 7) is 0.565. The molecule has 1 aromatic heterocycles. The van der Waals surface area contributed by atoms with Gasteiger partial charge in [-0.15, -0.1) is 11.3 Å². The third-order valence-corrected chi connectivity index (χ3v) is 3.94. The molecule has 90 valence electrons. The van der Waals surface area contributed by atoms with Gasteiger partial charge < -0.3 is 4.74 Å². The molecule has 0 spiro atoms. The Morgan fingerprint density at radius 3 is 2.56 bits per heavy atom. The van der Waals surface area contributed by atoms with Gasteiger partial charge in [0.25, 0.3) is 0 Å². The van der Waals surface area contributed by atoms with Crippen LogP contribution in [0.25, 0.3) is 10.8 Å². The molecular formula is C15H11ClOS. The van der Waals surface area contributed by atoms with Crippen molar-refractivity contribution in [2.24, 2.45) is 0 Å². The van der Waals surface area contributed by atoms with E-state index in [1.54, 1.807) is 11.3 Å². The smallest absolute Gasteiger partial charge is 0.122 e. The average molecular weight is 275 g/mol. The lowest BCUT2D eigenvalue weighted by molar-refractivity contribution is 0.310. The largest absolute Gasteiger partial charge is 0.488 e. The van der Waals surface area contributed by atoms with E-state index in [2.05, 4.69) is 24.3 Å². The van der Waals surface area contributed by atoms with Gasteiger partial charge >= 0.3 is 0 Å². The standard InChI is InChI=1S/C15H11ClOS/c16-15-8-7-14(18-15)10-17-13-6-5-11-3-1-2-4-12(11)9-13/h1-9H,10H2. The second-order valence-electron chi connectivity index (χ2n) is 4.00. The van der Waals surface area contributed by atoms with Crippen LogP contribution in [-0.4, -0.2) is 0 Å². The minimum Gasteiger partial charge on any atom is -0.488 e. The van der Waals surface area contributed by atoms with Gasteiger partial charge in [-0.3, -0.25) is 0 Å². The van der Waals surface area contributed by atoms with Crippen LogP contribution in [0.2, 0.25) is 4.34 Å². The van der Waals surface area contributed by atoms with E-state index in [1.165, 1.54) is 10.8 Å². The van der Waals surface area contributed by atoms with Crippen LogP contribution in [0, 0.1) is 0 Å². The fraction of sp³-hybridized carbons (Fsp3) is 0.0667. The number of hydrogen-bond acceptors (Lipinski definition) is 2.